The van der Waals surface area contributed by atoms with E-state index in [1.807, 2.05) is 4.90 Å². The van der Waals surface area contributed by atoms with Crippen LogP contribution in [0.5, 0.6) is 0 Å². The summed E-state index contributed by atoms with van der Waals surface area (Å²) in [5.74, 6) is 3.23. The van der Waals surface area contributed by atoms with Gasteiger partial charge in [0.05, 0.1) is 0 Å². The molecule has 104 valence electrons. The number of amides is 1. The van der Waals surface area contributed by atoms with Gasteiger partial charge in [-0.15, -0.1) is 0 Å². The van der Waals surface area contributed by atoms with Crippen molar-refractivity contribution in [2.45, 2.75) is 26.7 Å². The predicted octanol–water partition coefficient (Wildman–Crippen LogP) is 1.74. The number of likely N-dealkylation sites (tertiary alicyclic amines) is 2. The smallest absolute Gasteiger partial charge is 0.222 e. The zero-order valence-corrected chi connectivity index (χ0v) is 12.5. The van der Waals surface area contributed by atoms with Crippen LogP contribution < -0.4 is 0 Å². The Balaban J connectivity index is 1.76. The van der Waals surface area contributed by atoms with Gasteiger partial charge in [0.25, 0.3) is 0 Å². The van der Waals surface area contributed by atoms with E-state index < -0.39 is 0 Å². The minimum atomic E-state index is 0.326. The monoisotopic (exact) mass is 270 g/mol. The lowest BCUT2D eigenvalue weighted by atomic mass is 9.92. The Morgan fingerprint density at radius 2 is 1.83 bits per heavy atom. The van der Waals surface area contributed by atoms with Crippen molar-refractivity contribution in [1.82, 2.24) is 9.80 Å². The maximum Gasteiger partial charge on any atom is 0.222 e. The second kappa shape index (κ2) is 6.29. The van der Waals surface area contributed by atoms with Crippen LogP contribution >= 0.6 is 12.6 Å². The fraction of sp³-hybridized carbons (Fsp3) is 0.929. The summed E-state index contributed by atoms with van der Waals surface area (Å²) in [5, 5.41) is 0. The number of rotatable bonds is 4. The molecule has 0 radical (unpaired) electrons. The first-order valence-electron chi connectivity index (χ1n) is 7.19. The van der Waals surface area contributed by atoms with E-state index in [-0.39, 0.29) is 0 Å². The molecule has 1 amide bonds. The average Bonchev–Trinajstić information content (AvgIpc) is 2.66. The van der Waals surface area contributed by atoms with Crippen molar-refractivity contribution in [3.63, 3.8) is 0 Å². The predicted molar refractivity (Wildman–Crippen MR) is 77.9 cm³/mol. The van der Waals surface area contributed by atoms with E-state index in [0.717, 1.165) is 37.2 Å². The lowest BCUT2D eigenvalue weighted by Crippen LogP contribution is -2.43. The lowest BCUT2D eigenvalue weighted by Gasteiger charge is -2.35. The summed E-state index contributed by atoms with van der Waals surface area (Å²) in [6, 6.07) is 0. The summed E-state index contributed by atoms with van der Waals surface area (Å²) < 4.78 is 0. The molecule has 0 N–H and O–H groups in total. The molecule has 0 aliphatic carbocycles. The highest BCUT2D eigenvalue weighted by Gasteiger charge is 2.29. The molecule has 0 spiro atoms. The average molecular weight is 270 g/mol. The van der Waals surface area contributed by atoms with Crippen LogP contribution in [0, 0.1) is 17.8 Å². The third-order valence-corrected chi connectivity index (χ3v) is 4.70. The SMILES string of the molecule is CC1CC(C)CN(CCN2CC(CS)CC2=O)C1. The summed E-state index contributed by atoms with van der Waals surface area (Å²) >= 11 is 4.30. The van der Waals surface area contributed by atoms with Crippen LogP contribution in [-0.4, -0.2) is 54.2 Å². The molecule has 2 aliphatic rings. The molecule has 0 aromatic carbocycles. The molecule has 3 atom stereocenters. The van der Waals surface area contributed by atoms with Gasteiger partial charge in [-0.3, -0.25) is 4.79 Å². The van der Waals surface area contributed by atoms with Crippen molar-refractivity contribution in [3.8, 4) is 0 Å². The molecular formula is C14H26N2OS. The van der Waals surface area contributed by atoms with Crippen LogP contribution in [0.4, 0.5) is 0 Å². The summed E-state index contributed by atoms with van der Waals surface area (Å²) in [5.41, 5.74) is 0. The number of piperidine rings is 1. The van der Waals surface area contributed by atoms with Crippen molar-refractivity contribution in [1.29, 1.82) is 0 Å². The maximum absolute atomic E-state index is 11.8. The highest BCUT2D eigenvalue weighted by molar-refractivity contribution is 7.80. The molecule has 2 fully saturated rings. The molecule has 0 aromatic rings. The standard InChI is InChI=1S/C14H26N2OS/c1-11-5-12(2)8-15(7-11)3-4-16-9-13(10-18)6-14(16)17/h11-13,18H,3-10H2,1-2H3. The van der Waals surface area contributed by atoms with Gasteiger partial charge < -0.3 is 9.80 Å². The molecule has 4 heteroatoms. The second-order valence-corrected chi connectivity index (χ2v) is 6.66. The first kappa shape index (κ1) is 14.2. The van der Waals surface area contributed by atoms with E-state index in [1.165, 1.54) is 19.5 Å². The summed E-state index contributed by atoms with van der Waals surface area (Å²) in [7, 11) is 0. The van der Waals surface area contributed by atoms with E-state index in [4.69, 9.17) is 0 Å². The molecule has 3 unspecified atom stereocenters. The molecule has 3 nitrogen and oxygen atoms in total. The number of carbonyl (C=O) groups is 1. The Hall–Kier alpha value is -0.220. The number of carbonyl (C=O) groups excluding carboxylic acids is 1. The quantitative estimate of drug-likeness (QED) is 0.787. The topological polar surface area (TPSA) is 23.6 Å². The molecule has 2 saturated heterocycles. The third-order valence-electron chi connectivity index (χ3n) is 4.18. The van der Waals surface area contributed by atoms with Gasteiger partial charge in [-0.05, 0) is 29.9 Å². The second-order valence-electron chi connectivity index (χ2n) is 6.30. The van der Waals surface area contributed by atoms with Crippen molar-refractivity contribution < 1.29 is 4.79 Å². The van der Waals surface area contributed by atoms with Crippen LogP contribution in [-0.2, 0) is 4.79 Å². The van der Waals surface area contributed by atoms with E-state index in [0.29, 0.717) is 18.2 Å². The van der Waals surface area contributed by atoms with Crippen LogP contribution in [0.3, 0.4) is 0 Å². The van der Waals surface area contributed by atoms with Gasteiger partial charge in [-0.25, -0.2) is 0 Å². The first-order chi connectivity index (χ1) is 8.58. The van der Waals surface area contributed by atoms with Gasteiger partial charge >= 0.3 is 0 Å². The van der Waals surface area contributed by atoms with Gasteiger partial charge in [-0.2, -0.15) is 12.6 Å². The largest absolute Gasteiger partial charge is 0.341 e. The Labute approximate surface area is 116 Å². The Morgan fingerprint density at radius 1 is 1.17 bits per heavy atom. The summed E-state index contributed by atoms with van der Waals surface area (Å²) in [6.45, 7) is 9.93. The fourth-order valence-electron chi connectivity index (χ4n) is 3.43. The minimum absolute atomic E-state index is 0.326. The summed E-state index contributed by atoms with van der Waals surface area (Å²) in [6.07, 6.45) is 2.05. The van der Waals surface area contributed by atoms with Gasteiger partial charge in [-0.1, -0.05) is 13.8 Å². The van der Waals surface area contributed by atoms with Crippen molar-refractivity contribution in [2.24, 2.45) is 17.8 Å². The van der Waals surface area contributed by atoms with Crippen molar-refractivity contribution >= 4 is 18.5 Å². The van der Waals surface area contributed by atoms with Crippen molar-refractivity contribution in [3.05, 3.63) is 0 Å². The Bertz CT molecular complexity index is 288. The van der Waals surface area contributed by atoms with Crippen LogP contribution in [0.1, 0.15) is 26.7 Å². The van der Waals surface area contributed by atoms with Gasteiger partial charge in [0.15, 0.2) is 0 Å². The van der Waals surface area contributed by atoms with E-state index in [1.54, 1.807) is 0 Å². The zero-order valence-electron chi connectivity index (χ0n) is 11.6. The highest BCUT2D eigenvalue weighted by atomic mass is 32.1. The molecule has 2 rings (SSSR count). The normalized spacial score (nSPS) is 34.3. The molecule has 0 saturated carbocycles. The van der Waals surface area contributed by atoms with Gasteiger partial charge in [0.1, 0.15) is 0 Å². The Kier molecular flexibility index (Phi) is 4.96. The van der Waals surface area contributed by atoms with Crippen LogP contribution in [0.25, 0.3) is 0 Å². The molecule has 2 aliphatic heterocycles. The molecular weight excluding hydrogens is 244 g/mol. The highest BCUT2D eigenvalue weighted by Crippen LogP contribution is 2.22. The van der Waals surface area contributed by atoms with Crippen LogP contribution in [0.15, 0.2) is 0 Å². The lowest BCUT2D eigenvalue weighted by molar-refractivity contribution is -0.127. The fourth-order valence-corrected chi connectivity index (χ4v) is 3.67. The Morgan fingerprint density at radius 3 is 2.39 bits per heavy atom. The van der Waals surface area contributed by atoms with Crippen LogP contribution in [0.2, 0.25) is 0 Å². The molecule has 0 aromatic heterocycles. The zero-order chi connectivity index (χ0) is 13.1. The number of hydrogen-bond donors (Lipinski definition) is 1. The maximum atomic E-state index is 11.8. The number of hydrogen-bond acceptors (Lipinski definition) is 3. The number of nitrogens with zero attached hydrogens (tertiary/aromatic N) is 2. The summed E-state index contributed by atoms with van der Waals surface area (Å²) in [4.78, 5) is 16.4. The van der Waals surface area contributed by atoms with E-state index in [2.05, 4.69) is 31.4 Å². The molecule has 2 heterocycles. The van der Waals surface area contributed by atoms with Gasteiger partial charge in [0, 0.05) is 39.1 Å². The molecule has 0 bridgehead atoms. The van der Waals surface area contributed by atoms with Gasteiger partial charge in [0.2, 0.25) is 5.91 Å². The number of thiol groups is 1. The van der Waals surface area contributed by atoms with Crippen molar-refractivity contribution in [2.75, 3.05) is 38.5 Å². The molecule has 18 heavy (non-hydrogen) atoms. The third kappa shape index (κ3) is 3.64. The minimum Gasteiger partial charge on any atom is -0.341 e. The van der Waals surface area contributed by atoms with E-state index in [9.17, 15) is 4.79 Å². The first-order valence-corrected chi connectivity index (χ1v) is 7.82. The van der Waals surface area contributed by atoms with E-state index >= 15 is 0 Å².